The molecule has 2 N–H and O–H groups in total. The summed E-state index contributed by atoms with van der Waals surface area (Å²) in [5.41, 5.74) is 1.19. The van der Waals surface area contributed by atoms with E-state index in [1.165, 1.54) is 5.56 Å². The molecule has 1 aliphatic carbocycles. The van der Waals surface area contributed by atoms with Gasteiger partial charge in [0.1, 0.15) is 0 Å². The molecule has 0 saturated heterocycles. The van der Waals surface area contributed by atoms with Crippen LogP contribution in [-0.2, 0) is 17.3 Å². The summed E-state index contributed by atoms with van der Waals surface area (Å²) in [6.45, 7) is 8.65. The first-order valence-corrected chi connectivity index (χ1v) is 10.9. The second-order valence-electron chi connectivity index (χ2n) is 6.69. The van der Waals surface area contributed by atoms with Gasteiger partial charge in [0.15, 0.2) is 5.96 Å². The van der Waals surface area contributed by atoms with Gasteiger partial charge in [0.2, 0.25) is 0 Å². The maximum absolute atomic E-state index is 12.1. The van der Waals surface area contributed by atoms with Crippen LogP contribution < -0.4 is 10.6 Å². The monoisotopic (exact) mass is 495 g/mol. The molecule has 3 atom stereocenters. The van der Waals surface area contributed by atoms with Crippen molar-refractivity contribution in [1.82, 2.24) is 20.4 Å². The van der Waals surface area contributed by atoms with Crippen molar-refractivity contribution in [3.8, 4) is 0 Å². The molecule has 0 amide bonds. The molecule has 1 aliphatic rings. The van der Waals surface area contributed by atoms with Crippen LogP contribution in [-0.4, -0.2) is 50.1 Å². The Hall–Kier alpha value is -0.640. The number of rotatable bonds is 8. The van der Waals surface area contributed by atoms with Gasteiger partial charge in [0.05, 0.1) is 6.20 Å². The van der Waals surface area contributed by atoms with Crippen LogP contribution >= 0.6 is 24.0 Å². The van der Waals surface area contributed by atoms with Crippen LogP contribution in [0.5, 0.6) is 0 Å². The molecule has 26 heavy (non-hydrogen) atoms. The molecular formula is C18H34IN5OS. The number of aryl methyl sites for hydroxylation is 2. The molecule has 0 spiro atoms. The Morgan fingerprint density at radius 3 is 2.88 bits per heavy atom. The highest BCUT2D eigenvalue weighted by molar-refractivity contribution is 14.0. The lowest BCUT2D eigenvalue weighted by atomic mass is 9.95. The van der Waals surface area contributed by atoms with Gasteiger partial charge in [-0.05, 0) is 45.1 Å². The van der Waals surface area contributed by atoms with E-state index in [-0.39, 0.29) is 24.0 Å². The third kappa shape index (κ3) is 7.94. The predicted molar refractivity (Wildman–Crippen MR) is 121 cm³/mol. The first-order valence-electron chi connectivity index (χ1n) is 9.53. The highest BCUT2D eigenvalue weighted by Gasteiger charge is 2.25. The van der Waals surface area contributed by atoms with E-state index in [4.69, 9.17) is 4.99 Å². The van der Waals surface area contributed by atoms with Crippen LogP contribution in [0.25, 0.3) is 0 Å². The van der Waals surface area contributed by atoms with E-state index in [2.05, 4.69) is 35.8 Å². The molecule has 3 unspecified atom stereocenters. The van der Waals surface area contributed by atoms with Crippen molar-refractivity contribution in [2.24, 2.45) is 4.99 Å². The molecule has 0 bridgehead atoms. The predicted octanol–water partition coefficient (Wildman–Crippen LogP) is 2.83. The van der Waals surface area contributed by atoms with E-state index in [1.54, 1.807) is 0 Å². The third-order valence-electron chi connectivity index (χ3n) is 4.55. The molecule has 0 aromatic carbocycles. The standard InChI is InChI=1S/C18H33N5OS.HI/c1-4-19-18(20-10-7-11-23-14-15(3)13-21-23)22-16-8-6-9-17(12-16)25(24)5-2;/h13-14,16-17H,4-12H2,1-3H3,(H2,19,20,22);1H. The summed E-state index contributed by atoms with van der Waals surface area (Å²) in [7, 11) is -0.689. The molecule has 2 rings (SSSR count). The highest BCUT2D eigenvalue weighted by Crippen LogP contribution is 2.22. The maximum Gasteiger partial charge on any atom is 0.191 e. The molecule has 1 aromatic rings. The number of hydrogen-bond donors (Lipinski definition) is 2. The first-order chi connectivity index (χ1) is 12.1. The van der Waals surface area contributed by atoms with Crippen molar-refractivity contribution in [1.29, 1.82) is 0 Å². The Kier molecular flexibility index (Phi) is 11.4. The zero-order valence-corrected chi connectivity index (χ0v) is 19.4. The fraction of sp³-hybridized carbons (Fsp3) is 0.778. The molecule has 1 saturated carbocycles. The summed E-state index contributed by atoms with van der Waals surface area (Å²) < 4.78 is 14.1. The van der Waals surface area contributed by atoms with E-state index in [0.717, 1.165) is 63.5 Å². The van der Waals surface area contributed by atoms with Crippen LogP contribution in [0.4, 0.5) is 0 Å². The summed E-state index contributed by atoms with van der Waals surface area (Å²) in [4.78, 5) is 4.70. The number of nitrogens with zero attached hydrogens (tertiary/aromatic N) is 3. The Balaban J connectivity index is 0.00000338. The average molecular weight is 495 g/mol. The lowest BCUT2D eigenvalue weighted by Gasteiger charge is -2.30. The quantitative estimate of drug-likeness (QED) is 0.252. The summed E-state index contributed by atoms with van der Waals surface area (Å²) in [5, 5.41) is 11.5. The van der Waals surface area contributed by atoms with Crippen molar-refractivity contribution in [2.45, 2.75) is 70.7 Å². The Morgan fingerprint density at radius 2 is 2.23 bits per heavy atom. The molecule has 1 fully saturated rings. The smallest absolute Gasteiger partial charge is 0.191 e. The number of hydrogen-bond acceptors (Lipinski definition) is 3. The Bertz CT molecular complexity index is 578. The van der Waals surface area contributed by atoms with E-state index in [0.29, 0.717) is 11.3 Å². The van der Waals surface area contributed by atoms with Crippen molar-refractivity contribution >= 4 is 40.7 Å². The summed E-state index contributed by atoms with van der Waals surface area (Å²) >= 11 is 0. The third-order valence-corrected chi connectivity index (χ3v) is 6.29. The second kappa shape index (κ2) is 12.7. The Morgan fingerprint density at radius 1 is 1.42 bits per heavy atom. The first kappa shape index (κ1) is 23.4. The minimum Gasteiger partial charge on any atom is -0.357 e. The van der Waals surface area contributed by atoms with Gasteiger partial charge in [-0.3, -0.25) is 13.9 Å². The van der Waals surface area contributed by atoms with Crippen LogP contribution in [0.2, 0.25) is 0 Å². The lowest BCUT2D eigenvalue weighted by Crippen LogP contribution is -2.46. The SMILES string of the molecule is CCNC(=NCCCn1cc(C)cn1)NC1CCCC(S(=O)CC)C1.I. The average Bonchev–Trinajstić information content (AvgIpc) is 3.03. The van der Waals surface area contributed by atoms with Crippen LogP contribution in [0.15, 0.2) is 17.4 Å². The van der Waals surface area contributed by atoms with Gasteiger partial charge < -0.3 is 10.6 Å². The summed E-state index contributed by atoms with van der Waals surface area (Å²) in [6.07, 6.45) is 9.26. The molecule has 8 heteroatoms. The summed E-state index contributed by atoms with van der Waals surface area (Å²) in [5.74, 6) is 1.64. The fourth-order valence-corrected chi connectivity index (χ4v) is 4.62. The number of nitrogens with one attached hydrogen (secondary N) is 2. The molecular weight excluding hydrogens is 461 g/mol. The van der Waals surface area contributed by atoms with E-state index in [9.17, 15) is 4.21 Å². The molecule has 0 aliphatic heterocycles. The van der Waals surface area contributed by atoms with E-state index >= 15 is 0 Å². The van der Waals surface area contributed by atoms with Crippen molar-refractivity contribution in [3.63, 3.8) is 0 Å². The molecule has 6 nitrogen and oxygen atoms in total. The van der Waals surface area contributed by atoms with Crippen LogP contribution in [0.1, 0.15) is 51.5 Å². The van der Waals surface area contributed by atoms with Gasteiger partial charge in [-0.15, -0.1) is 24.0 Å². The highest BCUT2D eigenvalue weighted by atomic mass is 127. The number of guanidine groups is 1. The minimum atomic E-state index is -0.689. The number of aromatic nitrogens is 2. The van der Waals surface area contributed by atoms with Crippen LogP contribution in [0.3, 0.4) is 0 Å². The van der Waals surface area contributed by atoms with Crippen LogP contribution in [0, 0.1) is 6.92 Å². The van der Waals surface area contributed by atoms with Gasteiger partial charge in [0.25, 0.3) is 0 Å². The molecule has 150 valence electrons. The Labute approximate surface area is 177 Å². The topological polar surface area (TPSA) is 71.3 Å². The van der Waals surface area contributed by atoms with Gasteiger partial charge in [-0.2, -0.15) is 5.10 Å². The van der Waals surface area contributed by atoms with Gasteiger partial charge in [0, 0.05) is 53.7 Å². The van der Waals surface area contributed by atoms with Crippen molar-refractivity contribution in [2.75, 3.05) is 18.8 Å². The summed E-state index contributed by atoms with van der Waals surface area (Å²) in [6, 6.07) is 0.376. The zero-order valence-electron chi connectivity index (χ0n) is 16.2. The van der Waals surface area contributed by atoms with Gasteiger partial charge >= 0.3 is 0 Å². The normalized spacial score (nSPS) is 21.7. The zero-order chi connectivity index (χ0) is 18.1. The second-order valence-corrected chi connectivity index (χ2v) is 8.70. The van der Waals surface area contributed by atoms with E-state index < -0.39 is 10.8 Å². The molecule has 0 radical (unpaired) electrons. The molecule has 1 heterocycles. The maximum atomic E-state index is 12.1. The van der Waals surface area contributed by atoms with Crippen molar-refractivity contribution in [3.05, 3.63) is 18.0 Å². The lowest BCUT2D eigenvalue weighted by molar-refractivity contribution is 0.413. The largest absolute Gasteiger partial charge is 0.357 e. The van der Waals surface area contributed by atoms with Gasteiger partial charge in [-0.25, -0.2) is 0 Å². The minimum absolute atomic E-state index is 0. The van der Waals surface area contributed by atoms with Gasteiger partial charge in [-0.1, -0.05) is 13.3 Å². The fourth-order valence-electron chi connectivity index (χ4n) is 3.28. The molecule has 1 aromatic heterocycles. The van der Waals surface area contributed by atoms with Crippen molar-refractivity contribution < 1.29 is 4.21 Å². The number of aliphatic imine (C=N–C) groups is 1. The van der Waals surface area contributed by atoms with E-state index in [1.807, 2.05) is 17.8 Å². The number of halogens is 1.